The predicted molar refractivity (Wildman–Crippen MR) is 73.0 cm³/mol. The van der Waals surface area contributed by atoms with Gasteiger partial charge in [-0.2, -0.15) is 0 Å². The minimum atomic E-state index is -0.369. The molecule has 0 aliphatic heterocycles. The van der Waals surface area contributed by atoms with Crippen LogP contribution in [0.15, 0.2) is 36.5 Å². The zero-order chi connectivity index (χ0) is 13.0. The molecule has 2 N–H and O–H groups in total. The number of nitrogens with zero attached hydrogens (tertiary/aromatic N) is 2. The Bertz CT molecular complexity index is 574. The third-order valence-electron chi connectivity index (χ3n) is 2.14. The number of benzene rings is 1. The predicted octanol–water partition coefficient (Wildman–Crippen LogP) is 2.73. The maximum Gasteiger partial charge on any atom is 0.229 e. The van der Waals surface area contributed by atoms with Crippen LogP contribution in [-0.2, 0) is 0 Å². The summed E-state index contributed by atoms with van der Waals surface area (Å²) < 4.78 is 13.4. The van der Waals surface area contributed by atoms with Crippen molar-refractivity contribution in [2.45, 2.75) is 6.92 Å². The Labute approximate surface area is 109 Å². The van der Waals surface area contributed by atoms with Crippen molar-refractivity contribution in [1.29, 1.82) is 0 Å². The quantitative estimate of drug-likeness (QED) is 0.815. The Morgan fingerprint density at radius 1 is 1.22 bits per heavy atom. The highest BCUT2D eigenvalue weighted by Crippen LogP contribution is 2.12. The zero-order valence-electron chi connectivity index (χ0n) is 9.64. The first-order chi connectivity index (χ1) is 8.65. The van der Waals surface area contributed by atoms with E-state index < -0.39 is 0 Å². The fraction of sp³-hybridized carbons (Fsp3) is 0.0833. The standard InChI is InChI=1S/C12H11FN4S/c1-8-6-7-14-11(15-8)17-12(18)16-10-5-3-2-4-9(10)13/h2-7H,1H3,(H2,14,15,16,17,18). The molecule has 1 heterocycles. The van der Waals surface area contributed by atoms with Gasteiger partial charge in [0.2, 0.25) is 5.95 Å². The average Bonchev–Trinajstić information content (AvgIpc) is 2.32. The molecule has 92 valence electrons. The summed E-state index contributed by atoms with van der Waals surface area (Å²) >= 11 is 5.05. The summed E-state index contributed by atoms with van der Waals surface area (Å²) in [5.41, 5.74) is 1.13. The van der Waals surface area contributed by atoms with Crippen molar-refractivity contribution in [2.75, 3.05) is 10.6 Å². The lowest BCUT2D eigenvalue weighted by Gasteiger charge is -2.09. The molecule has 2 rings (SSSR count). The maximum absolute atomic E-state index is 13.4. The maximum atomic E-state index is 13.4. The number of aromatic nitrogens is 2. The minimum absolute atomic E-state index is 0.241. The molecule has 0 bridgehead atoms. The number of thiocarbonyl (C=S) groups is 1. The van der Waals surface area contributed by atoms with Gasteiger partial charge in [0.05, 0.1) is 5.69 Å². The Morgan fingerprint density at radius 3 is 2.72 bits per heavy atom. The molecule has 0 aliphatic carbocycles. The van der Waals surface area contributed by atoms with E-state index in [0.29, 0.717) is 11.6 Å². The van der Waals surface area contributed by atoms with Crippen molar-refractivity contribution in [3.05, 3.63) is 48.0 Å². The summed E-state index contributed by atoms with van der Waals surface area (Å²) in [4.78, 5) is 8.13. The molecule has 0 radical (unpaired) electrons. The van der Waals surface area contributed by atoms with Crippen LogP contribution in [0.25, 0.3) is 0 Å². The molecule has 18 heavy (non-hydrogen) atoms. The summed E-state index contributed by atoms with van der Waals surface area (Å²) in [7, 11) is 0. The molecule has 1 aromatic heterocycles. The third-order valence-corrected chi connectivity index (χ3v) is 2.35. The van der Waals surface area contributed by atoms with Crippen molar-refractivity contribution < 1.29 is 4.39 Å². The SMILES string of the molecule is Cc1ccnc(NC(=S)Nc2ccccc2F)n1. The lowest BCUT2D eigenvalue weighted by atomic mass is 10.3. The third kappa shape index (κ3) is 3.21. The highest BCUT2D eigenvalue weighted by molar-refractivity contribution is 7.80. The van der Waals surface area contributed by atoms with Gasteiger partial charge in [0.25, 0.3) is 0 Å². The molecule has 1 aromatic carbocycles. The van der Waals surface area contributed by atoms with Gasteiger partial charge >= 0.3 is 0 Å². The monoisotopic (exact) mass is 262 g/mol. The highest BCUT2D eigenvalue weighted by atomic mass is 32.1. The molecule has 0 saturated carbocycles. The molecular formula is C12H11FN4S. The Kier molecular flexibility index (Phi) is 3.78. The van der Waals surface area contributed by atoms with E-state index in [1.807, 2.05) is 6.92 Å². The Morgan fingerprint density at radius 2 is 2.00 bits per heavy atom. The van der Waals surface area contributed by atoms with Crippen LogP contribution < -0.4 is 10.6 Å². The molecular weight excluding hydrogens is 251 g/mol. The number of aryl methyl sites for hydroxylation is 1. The fourth-order valence-electron chi connectivity index (χ4n) is 1.33. The van der Waals surface area contributed by atoms with Crippen LogP contribution in [0, 0.1) is 12.7 Å². The van der Waals surface area contributed by atoms with Crippen LogP contribution in [-0.4, -0.2) is 15.1 Å². The van der Waals surface area contributed by atoms with Gasteiger partial charge in [0, 0.05) is 11.9 Å². The van der Waals surface area contributed by atoms with Crippen LogP contribution in [0.5, 0.6) is 0 Å². The first kappa shape index (κ1) is 12.4. The number of rotatable bonds is 2. The molecule has 0 aliphatic rings. The molecule has 4 nitrogen and oxygen atoms in total. The summed E-state index contributed by atoms with van der Waals surface area (Å²) in [5, 5.41) is 5.77. The minimum Gasteiger partial charge on any atom is -0.330 e. The lowest BCUT2D eigenvalue weighted by molar-refractivity contribution is 0.632. The van der Waals surface area contributed by atoms with Crippen molar-refractivity contribution >= 4 is 29.0 Å². The van der Waals surface area contributed by atoms with Crippen LogP contribution in [0.2, 0.25) is 0 Å². The van der Waals surface area contributed by atoms with Crippen molar-refractivity contribution in [3.8, 4) is 0 Å². The van der Waals surface area contributed by atoms with Crippen molar-refractivity contribution in [3.63, 3.8) is 0 Å². The van der Waals surface area contributed by atoms with Gasteiger partial charge in [-0.15, -0.1) is 0 Å². The van der Waals surface area contributed by atoms with Crippen molar-refractivity contribution in [2.24, 2.45) is 0 Å². The van der Waals surface area contributed by atoms with Gasteiger partial charge < -0.3 is 10.6 Å². The molecule has 0 fully saturated rings. The number of anilines is 2. The fourth-order valence-corrected chi connectivity index (χ4v) is 1.53. The summed E-state index contributed by atoms with van der Waals surface area (Å²) in [6.07, 6.45) is 1.62. The molecule has 0 amide bonds. The number of nitrogens with one attached hydrogen (secondary N) is 2. The number of halogens is 1. The average molecular weight is 262 g/mol. The van der Waals surface area contributed by atoms with E-state index in [1.165, 1.54) is 6.07 Å². The zero-order valence-corrected chi connectivity index (χ0v) is 10.5. The van der Waals surface area contributed by atoms with E-state index in [9.17, 15) is 4.39 Å². The van der Waals surface area contributed by atoms with Gasteiger partial charge in [0.1, 0.15) is 5.82 Å². The molecule has 0 unspecified atom stereocenters. The van der Waals surface area contributed by atoms with Gasteiger partial charge in [-0.25, -0.2) is 14.4 Å². The second-order valence-electron chi connectivity index (χ2n) is 3.58. The van der Waals surface area contributed by atoms with Crippen LogP contribution in [0.1, 0.15) is 5.69 Å². The largest absolute Gasteiger partial charge is 0.330 e. The lowest BCUT2D eigenvalue weighted by Crippen LogP contribution is -2.21. The van der Waals surface area contributed by atoms with Gasteiger partial charge in [0.15, 0.2) is 5.11 Å². The number of para-hydroxylation sites is 1. The smallest absolute Gasteiger partial charge is 0.229 e. The molecule has 0 atom stereocenters. The number of hydrogen-bond acceptors (Lipinski definition) is 3. The second kappa shape index (κ2) is 5.50. The first-order valence-corrected chi connectivity index (χ1v) is 5.68. The van der Waals surface area contributed by atoms with E-state index in [4.69, 9.17) is 12.2 Å². The van der Waals surface area contributed by atoms with E-state index in [2.05, 4.69) is 20.6 Å². The molecule has 0 saturated heterocycles. The molecule has 0 spiro atoms. The topological polar surface area (TPSA) is 49.8 Å². The van der Waals surface area contributed by atoms with Gasteiger partial charge in [-0.05, 0) is 37.3 Å². The van der Waals surface area contributed by atoms with E-state index in [-0.39, 0.29) is 10.9 Å². The van der Waals surface area contributed by atoms with Crippen LogP contribution in [0.4, 0.5) is 16.0 Å². The molecule has 2 aromatic rings. The van der Waals surface area contributed by atoms with E-state index in [0.717, 1.165) is 5.69 Å². The van der Waals surface area contributed by atoms with Crippen LogP contribution in [0.3, 0.4) is 0 Å². The van der Waals surface area contributed by atoms with Gasteiger partial charge in [-0.1, -0.05) is 12.1 Å². The normalized spacial score (nSPS) is 9.89. The summed E-state index contributed by atoms with van der Waals surface area (Å²) in [6.45, 7) is 1.85. The number of hydrogen-bond donors (Lipinski definition) is 2. The van der Waals surface area contributed by atoms with E-state index in [1.54, 1.807) is 30.5 Å². The highest BCUT2D eigenvalue weighted by Gasteiger charge is 2.04. The second-order valence-corrected chi connectivity index (χ2v) is 3.99. The molecule has 6 heteroatoms. The van der Waals surface area contributed by atoms with Crippen LogP contribution >= 0.6 is 12.2 Å². The van der Waals surface area contributed by atoms with E-state index >= 15 is 0 Å². The van der Waals surface area contributed by atoms with Crippen molar-refractivity contribution in [1.82, 2.24) is 9.97 Å². The Hall–Kier alpha value is -2.08. The van der Waals surface area contributed by atoms with Gasteiger partial charge in [-0.3, -0.25) is 0 Å². The first-order valence-electron chi connectivity index (χ1n) is 5.27. The summed E-state index contributed by atoms with van der Waals surface area (Å²) in [6, 6.07) is 8.06. The summed E-state index contributed by atoms with van der Waals surface area (Å²) in [5.74, 6) is 0.00986. The Balaban J connectivity index is 2.03.